The lowest BCUT2D eigenvalue weighted by molar-refractivity contribution is 1.30. The van der Waals surface area contributed by atoms with Crippen molar-refractivity contribution in [1.82, 2.24) is 0 Å². The van der Waals surface area contributed by atoms with Crippen molar-refractivity contribution in [2.75, 3.05) is 4.90 Å². The average molecular weight is 736 g/mol. The summed E-state index contributed by atoms with van der Waals surface area (Å²) in [4.78, 5) is 2.48. The predicted molar refractivity (Wildman–Crippen MR) is 241 cm³/mol. The molecule has 0 N–H and O–H groups in total. The van der Waals surface area contributed by atoms with Crippen molar-refractivity contribution < 1.29 is 0 Å². The molecular formula is C52H33NS2. The molecule has 0 bridgehead atoms. The van der Waals surface area contributed by atoms with Crippen molar-refractivity contribution in [3.8, 4) is 33.4 Å². The second-order valence-electron chi connectivity index (χ2n) is 14.1. The molecule has 3 heteroatoms. The lowest BCUT2D eigenvalue weighted by Gasteiger charge is -2.29. The molecule has 258 valence electrons. The van der Waals surface area contributed by atoms with Gasteiger partial charge in [0.05, 0.1) is 5.69 Å². The summed E-state index contributed by atoms with van der Waals surface area (Å²) in [5.74, 6) is 0. The zero-order valence-electron chi connectivity index (χ0n) is 29.8. The van der Waals surface area contributed by atoms with Gasteiger partial charge in [0.1, 0.15) is 0 Å². The topological polar surface area (TPSA) is 3.24 Å². The summed E-state index contributed by atoms with van der Waals surface area (Å²) in [6.07, 6.45) is 0. The summed E-state index contributed by atoms with van der Waals surface area (Å²) in [5.41, 5.74) is 10.6. The molecule has 11 aromatic rings. The Balaban J connectivity index is 1.17. The van der Waals surface area contributed by atoms with E-state index in [0.717, 1.165) is 17.1 Å². The largest absolute Gasteiger partial charge is 0.310 e. The minimum atomic E-state index is 1.11. The maximum Gasteiger partial charge on any atom is 0.0540 e. The number of anilines is 3. The van der Waals surface area contributed by atoms with Gasteiger partial charge >= 0.3 is 0 Å². The van der Waals surface area contributed by atoms with Crippen LogP contribution in [0.5, 0.6) is 0 Å². The van der Waals surface area contributed by atoms with Gasteiger partial charge in [0.25, 0.3) is 0 Å². The molecule has 9 aromatic carbocycles. The van der Waals surface area contributed by atoms with Crippen LogP contribution in [0.4, 0.5) is 17.1 Å². The van der Waals surface area contributed by atoms with E-state index in [9.17, 15) is 0 Å². The Hall–Kier alpha value is -6.52. The summed E-state index contributed by atoms with van der Waals surface area (Å²) in [6, 6.07) is 73.6. The molecule has 11 rings (SSSR count). The Morgan fingerprint density at radius 1 is 0.273 bits per heavy atom. The van der Waals surface area contributed by atoms with Crippen LogP contribution in [-0.4, -0.2) is 0 Å². The molecule has 0 amide bonds. The SMILES string of the molecule is c1ccc(-c2cc(-c3ccccc3)cc(N(c3ccc4sc5ccccc5c4c3)c3ccc(-c4ccc5sc6ccccc6c5c4)c4ccccc34)c2)cc1. The Morgan fingerprint density at radius 2 is 0.782 bits per heavy atom. The minimum absolute atomic E-state index is 1.11. The zero-order chi connectivity index (χ0) is 36.3. The number of hydrogen-bond donors (Lipinski definition) is 0. The molecule has 0 aliphatic heterocycles. The molecule has 0 aliphatic rings. The van der Waals surface area contributed by atoms with Crippen LogP contribution in [0, 0.1) is 0 Å². The van der Waals surface area contributed by atoms with E-state index in [-0.39, 0.29) is 0 Å². The highest BCUT2D eigenvalue weighted by Gasteiger charge is 2.21. The number of fused-ring (bicyclic) bond motifs is 7. The number of thiophene rings is 2. The third-order valence-corrected chi connectivity index (χ3v) is 13.1. The number of hydrogen-bond acceptors (Lipinski definition) is 3. The van der Waals surface area contributed by atoms with Crippen molar-refractivity contribution in [1.29, 1.82) is 0 Å². The van der Waals surface area contributed by atoms with E-state index < -0.39 is 0 Å². The molecule has 0 saturated carbocycles. The summed E-state index contributed by atoms with van der Waals surface area (Å²) < 4.78 is 5.25. The predicted octanol–water partition coefficient (Wildman–Crippen LogP) is 16.0. The van der Waals surface area contributed by atoms with Crippen molar-refractivity contribution >= 4 is 90.9 Å². The fourth-order valence-electron chi connectivity index (χ4n) is 8.24. The molecule has 0 atom stereocenters. The maximum absolute atomic E-state index is 2.48. The Bertz CT molecular complexity index is 3150. The fraction of sp³-hybridized carbons (Fsp3) is 0. The standard InChI is InChI=1S/C52H33NS2/c1-3-13-34(14-4-1)37-29-38(35-15-5-2-6-16-35)31-40(30-37)53(39-24-28-52-47(33-39)45-20-10-12-22-50(45)55-52)48-26-25-41(42-17-7-8-18-43(42)48)36-23-27-51-46(32-36)44-19-9-11-21-49(44)54-51/h1-33H. The third kappa shape index (κ3) is 5.51. The van der Waals surface area contributed by atoms with Crippen LogP contribution in [0.15, 0.2) is 200 Å². The maximum atomic E-state index is 2.48. The van der Waals surface area contributed by atoms with Gasteiger partial charge in [-0.2, -0.15) is 0 Å². The lowest BCUT2D eigenvalue weighted by Crippen LogP contribution is -2.11. The molecule has 0 radical (unpaired) electrons. The first-order valence-electron chi connectivity index (χ1n) is 18.7. The number of rotatable bonds is 6. The zero-order valence-corrected chi connectivity index (χ0v) is 31.4. The summed E-state index contributed by atoms with van der Waals surface area (Å²) in [7, 11) is 0. The van der Waals surface area contributed by atoms with Gasteiger partial charge in [0.15, 0.2) is 0 Å². The first kappa shape index (κ1) is 32.0. The minimum Gasteiger partial charge on any atom is -0.310 e. The van der Waals surface area contributed by atoms with Crippen LogP contribution in [0.2, 0.25) is 0 Å². The van der Waals surface area contributed by atoms with Crippen molar-refractivity contribution in [3.05, 3.63) is 200 Å². The van der Waals surface area contributed by atoms with Crippen LogP contribution < -0.4 is 4.90 Å². The molecule has 0 saturated heterocycles. The summed E-state index contributed by atoms with van der Waals surface area (Å²) in [6.45, 7) is 0. The van der Waals surface area contributed by atoms with E-state index in [4.69, 9.17) is 0 Å². The molecule has 0 aliphatic carbocycles. The van der Waals surface area contributed by atoms with Gasteiger partial charge in [-0.3, -0.25) is 0 Å². The molecule has 55 heavy (non-hydrogen) atoms. The van der Waals surface area contributed by atoms with E-state index >= 15 is 0 Å². The lowest BCUT2D eigenvalue weighted by atomic mass is 9.94. The monoisotopic (exact) mass is 735 g/mol. The van der Waals surface area contributed by atoms with Crippen LogP contribution in [-0.2, 0) is 0 Å². The molecule has 1 nitrogen and oxygen atoms in total. The second kappa shape index (κ2) is 13.1. The van der Waals surface area contributed by atoms with Gasteiger partial charge in [-0.25, -0.2) is 0 Å². The molecule has 2 heterocycles. The highest BCUT2D eigenvalue weighted by atomic mass is 32.1. The van der Waals surface area contributed by atoms with Crippen molar-refractivity contribution in [2.45, 2.75) is 0 Å². The number of nitrogens with zero attached hydrogens (tertiary/aromatic N) is 1. The van der Waals surface area contributed by atoms with Crippen molar-refractivity contribution in [3.63, 3.8) is 0 Å². The smallest absolute Gasteiger partial charge is 0.0540 e. The van der Waals surface area contributed by atoms with E-state index in [1.165, 1.54) is 84.5 Å². The molecular weight excluding hydrogens is 703 g/mol. The number of benzene rings is 9. The van der Waals surface area contributed by atoms with Gasteiger partial charge in [-0.15, -0.1) is 22.7 Å². The quantitative estimate of drug-likeness (QED) is 0.164. The summed E-state index contributed by atoms with van der Waals surface area (Å²) >= 11 is 3.73. The van der Waals surface area contributed by atoms with E-state index in [2.05, 4.69) is 205 Å². The Labute approximate surface area is 327 Å². The van der Waals surface area contributed by atoms with E-state index in [0.29, 0.717) is 0 Å². The van der Waals surface area contributed by atoms with Gasteiger partial charge in [0, 0.05) is 57.1 Å². The first-order chi connectivity index (χ1) is 27.2. The van der Waals surface area contributed by atoms with Crippen LogP contribution in [0.25, 0.3) is 84.5 Å². The van der Waals surface area contributed by atoms with E-state index in [1.807, 2.05) is 22.7 Å². The molecule has 0 spiro atoms. The van der Waals surface area contributed by atoms with Crippen LogP contribution in [0.3, 0.4) is 0 Å². The molecule has 0 fully saturated rings. The van der Waals surface area contributed by atoms with Gasteiger partial charge < -0.3 is 4.90 Å². The highest BCUT2D eigenvalue weighted by Crippen LogP contribution is 2.47. The average Bonchev–Trinajstić information content (AvgIpc) is 3.82. The Morgan fingerprint density at radius 3 is 1.42 bits per heavy atom. The van der Waals surface area contributed by atoms with E-state index in [1.54, 1.807) is 0 Å². The molecule has 2 aromatic heterocycles. The van der Waals surface area contributed by atoms with Gasteiger partial charge in [-0.05, 0) is 105 Å². The third-order valence-electron chi connectivity index (χ3n) is 10.8. The summed E-state index contributed by atoms with van der Waals surface area (Å²) in [5, 5.41) is 7.65. The first-order valence-corrected chi connectivity index (χ1v) is 20.3. The van der Waals surface area contributed by atoms with Crippen LogP contribution in [0.1, 0.15) is 0 Å². The normalized spacial score (nSPS) is 11.6. The van der Waals surface area contributed by atoms with Gasteiger partial charge in [-0.1, -0.05) is 133 Å². The second-order valence-corrected chi connectivity index (χ2v) is 16.3. The fourth-order valence-corrected chi connectivity index (χ4v) is 10.4. The molecule has 0 unspecified atom stereocenters. The Kier molecular flexibility index (Phi) is 7.61. The van der Waals surface area contributed by atoms with Gasteiger partial charge in [0.2, 0.25) is 0 Å². The highest BCUT2D eigenvalue weighted by molar-refractivity contribution is 7.26. The van der Waals surface area contributed by atoms with Crippen LogP contribution >= 0.6 is 22.7 Å². The van der Waals surface area contributed by atoms with Crippen molar-refractivity contribution in [2.24, 2.45) is 0 Å².